The third kappa shape index (κ3) is 7.21. The summed E-state index contributed by atoms with van der Waals surface area (Å²) in [5.41, 5.74) is 3.04. The minimum absolute atomic E-state index is 0.0472. The van der Waals surface area contributed by atoms with Crippen LogP contribution in [0.3, 0.4) is 0 Å². The molecule has 0 unspecified atom stereocenters. The molecule has 2 rings (SSSR count). The van der Waals surface area contributed by atoms with Gasteiger partial charge in [0.1, 0.15) is 5.75 Å². The van der Waals surface area contributed by atoms with Crippen LogP contribution in [0.4, 0.5) is 0 Å². The van der Waals surface area contributed by atoms with Crippen LogP contribution >= 0.6 is 0 Å². The van der Waals surface area contributed by atoms with Gasteiger partial charge in [-0.05, 0) is 24.1 Å². The second-order valence-electron chi connectivity index (χ2n) is 6.29. The molecule has 3 N–H and O–H groups in total. The molecule has 0 spiro atoms. The van der Waals surface area contributed by atoms with E-state index in [1.54, 1.807) is 14.2 Å². The molecule has 7 nitrogen and oxygen atoms in total. The highest BCUT2D eigenvalue weighted by molar-refractivity contribution is 7.89. The molecule has 0 saturated carbocycles. The van der Waals surface area contributed by atoms with Gasteiger partial charge in [-0.1, -0.05) is 42.5 Å². The average Bonchev–Trinajstić information content (AvgIpc) is 2.70. The van der Waals surface area contributed by atoms with Crippen LogP contribution in [0, 0.1) is 6.92 Å². The van der Waals surface area contributed by atoms with Crippen molar-refractivity contribution in [1.82, 2.24) is 15.4 Å². The molecule has 2 aromatic carbocycles. The zero-order chi connectivity index (χ0) is 20.4. The molecule has 0 bridgehead atoms. The van der Waals surface area contributed by atoms with E-state index in [0.29, 0.717) is 12.5 Å². The van der Waals surface area contributed by atoms with Crippen molar-refractivity contribution in [2.24, 2.45) is 4.99 Å². The average molecular weight is 405 g/mol. The van der Waals surface area contributed by atoms with Gasteiger partial charge in [0.25, 0.3) is 0 Å². The lowest BCUT2D eigenvalue weighted by molar-refractivity contribution is 0.408. The summed E-state index contributed by atoms with van der Waals surface area (Å²) >= 11 is 0. The fourth-order valence-electron chi connectivity index (χ4n) is 2.56. The molecule has 0 aromatic heterocycles. The third-order valence-corrected chi connectivity index (χ3v) is 5.44. The van der Waals surface area contributed by atoms with Crippen molar-refractivity contribution >= 4 is 16.0 Å². The van der Waals surface area contributed by atoms with Crippen molar-refractivity contribution in [3.8, 4) is 5.75 Å². The Morgan fingerprint density at radius 1 is 1.07 bits per heavy atom. The number of guanidine groups is 1. The van der Waals surface area contributed by atoms with Crippen LogP contribution in [0.15, 0.2) is 53.5 Å². The second-order valence-corrected chi connectivity index (χ2v) is 8.22. The van der Waals surface area contributed by atoms with Crippen LogP contribution in [0.1, 0.15) is 16.7 Å². The SMILES string of the molecule is CN=C(NCCS(=O)(=O)NCc1ccccc1)NCc1ccc(C)cc1OC. The van der Waals surface area contributed by atoms with Gasteiger partial charge in [0, 0.05) is 32.2 Å². The Bertz CT molecular complexity index is 884. The van der Waals surface area contributed by atoms with Crippen molar-refractivity contribution in [2.45, 2.75) is 20.0 Å². The smallest absolute Gasteiger partial charge is 0.213 e. The van der Waals surface area contributed by atoms with Gasteiger partial charge < -0.3 is 15.4 Å². The molecular formula is C20H28N4O3S. The van der Waals surface area contributed by atoms with Gasteiger partial charge in [-0.25, -0.2) is 13.1 Å². The van der Waals surface area contributed by atoms with E-state index in [1.807, 2.05) is 55.5 Å². The number of hydrogen-bond acceptors (Lipinski definition) is 4. The predicted octanol–water partition coefficient (Wildman–Crippen LogP) is 1.79. The van der Waals surface area contributed by atoms with E-state index in [-0.39, 0.29) is 18.8 Å². The zero-order valence-corrected chi connectivity index (χ0v) is 17.3. The number of benzene rings is 2. The highest BCUT2D eigenvalue weighted by Gasteiger charge is 2.10. The Hall–Kier alpha value is -2.58. The highest BCUT2D eigenvalue weighted by Crippen LogP contribution is 2.19. The fraction of sp³-hybridized carbons (Fsp3) is 0.350. The van der Waals surface area contributed by atoms with E-state index in [4.69, 9.17) is 4.74 Å². The van der Waals surface area contributed by atoms with Crippen LogP contribution in [-0.4, -0.2) is 40.8 Å². The first-order valence-electron chi connectivity index (χ1n) is 9.03. The van der Waals surface area contributed by atoms with Crippen molar-refractivity contribution in [2.75, 3.05) is 26.5 Å². The van der Waals surface area contributed by atoms with Gasteiger partial charge in [0.15, 0.2) is 5.96 Å². The molecule has 0 aliphatic carbocycles. The molecule has 0 fully saturated rings. The number of hydrogen-bond donors (Lipinski definition) is 3. The standard InChI is InChI=1S/C20H28N4O3S/c1-16-9-10-18(19(13-16)27-3)15-23-20(21-2)22-11-12-28(25,26)24-14-17-7-5-4-6-8-17/h4-10,13,24H,11-12,14-15H2,1-3H3,(H2,21,22,23). The molecule has 28 heavy (non-hydrogen) atoms. The quantitative estimate of drug-likeness (QED) is 0.438. The Morgan fingerprint density at radius 3 is 2.50 bits per heavy atom. The van der Waals surface area contributed by atoms with E-state index >= 15 is 0 Å². The van der Waals surface area contributed by atoms with E-state index < -0.39 is 10.0 Å². The molecule has 0 radical (unpaired) electrons. The van der Waals surface area contributed by atoms with E-state index in [2.05, 4.69) is 20.3 Å². The molecule has 0 aliphatic rings. The molecule has 0 saturated heterocycles. The summed E-state index contributed by atoms with van der Waals surface area (Å²) in [6.45, 7) is 3.05. The third-order valence-electron chi connectivity index (χ3n) is 4.11. The number of aryl methyl sites for hydroxylation is 1. The topological polar surface area (TPSA) is 91.8 Å². The number of sulfonamides is 1. The van der Waals surface area contributed by atoms with Crippen LogP contribution in [0.2, 0.25) is 0 Å². The minimum Gasteiger partial charge on any atom is -0.496 e. The van der Waals surface area contributed by atoms with Gasteiger partial charge in [0.2, 0.25) is 10.0 Å². The van der Waals surface area contributed by atoms with Crippen LogP contribution in [0.25, 0.3) is 0 Å². The normalized spacial score (nSPS) is 11.9. The summed E-state index contributed by atoms with van der Waals surface area (Å²) in [5.74, 6) is 1.28. The maximum atomic E-state index is 12.1. The Balaban J connectivity index is 1.79. The Kier molecular flexibility index (Phi) is 8.28. The lowest BCUT2D eigenvalue weighted by Crippen LogP contribution is -2.40. The largest absolute Gasteiger partial charge is 0.496 e. The summed E-state index contributed by atoms with van der Waals surface area (Å²) < 4.78 is 32.3. The predicted molar refractivity (Wildman–Crippen MR) is 113 cm³/mol. The van der Waals surface area contributed by atoms with Crippen molar-refractivity contribution < 1.29 is 13.2 Å². The number of nitrogens with zero attached hydrogens (tertiary/aromatic N) is 1. The number of methoxy groups -OCH3 is 1. The second kappa shape index (κ2) is 10.7. The first-order chi connectivity index (χ1) is 13.4. The first kappa shape index (κ1) is 21.7. The fourth-order valence-corrected chi connectivity index (χ4v) is 3.46. The Morgan fingerprint density at radius 2 is 1.82 bits per heavy atom. The van der Waals surface area contributed by atoms with E-state index in [0.717, 1.165) is 22.4 Å². The lowest BCUT2D eigenvalue weighted by Gasteiger charge is -2.14. The maximum absolute atomic E-state index is 12.1. The lowest BCUT2D eigenvalue weighted by atomic mass is 10.1. The molecular weight excluding hydrogens is 376 g/mol. The number of rotatable bonds is 9. The molecule has 2 aromatic rings. The van der Waals surface area contributed by atoms with Crippen LogP contribution in [-0.2, 0) is 23.1 Å². The van der Waals surface area contributed by atoms with Crippen molar-refractivity contribution in [3.05, 3.63) is 65.2 Å². The van der Waals surface area contributed by atoms with Gasteiger partial charge >= 0.3 is 0 Å². The maximum Gasteiger partial charge on any atom is 0.213 e. The van der Waals surface area contributed by atoms with E-state index in [9.17, 15) is 8.42 Å². The molecule has 152 valence electrons. The van der Waals surface area contributed by atoms with Crippen molar-refractivity contribution in [3.63, 3.8) is 0 Å². The van der Waals surface area contributed by atoms with E-state index in [1.165, 1.54) is 0 Å². The van der Waals surface area contributed by atoms with Gasteiger partial charge in [-0.3, -0.25) is 4.99 Å². The summed E-state index contributed by atoms with van der Waals surface area (Å²) in [5, 5.41) is 6.19. The molecule has 0 amide bonds. The molecule has 0 atom stereocenters. The zero-order valence-electron chi connectivity index (χ0n) is 16.5. The highest BCUT2D eigenvalue weighted by atomic mass is 32.2. The minimum atomic E-state index is -3.38. The molecule has 0 heterocycles. The van der Waals surface area contributed by atoms with Crippen LogP contribution < -0.4 is 20.1 Å². The summed E-state index contributed by atoms with van der Waals surface area (Å²) in [6, 6.07) is 15.4. The number of ether oxygens (including phenoxy) is 1. The Labute approximate surface area is 167 Å². The summed E-state index contributed by atoms with van der Waals surface area (Å²) in [7, 11) is -0.101. The van der Waals surface area contributed by atoms with Crippen molar-refractivity contribution in [1.29, 1.82) is 0 Å². The monoisotopic (exact) mass is 404 g/mol. The molecule has 0 aliphatic heterocycles. The number of aliphatic imine (C=N–C) groups is 1. The van der Waals surface area contributed by atoms with Crippen LogP contribution in [0.5, 0.6) is 5.75 Å². The first-order valence-corrected chi connectivity index (χ1v) is 10.7. The summed E-state index contributed by atoms with van der Waals surface area (Å²) in [6.07, 6.45) is 0. The number of nitrogens with one attached hydrogen (secondary N) is 3. The van der Waals surface area contributed by atoms with Gasteiger partial charge in [-0.2, -0.15) is 0 Å². The van der Waals surface area contributed by atoms with Gasteiger partial charge in [-0.15, -0.1) is 0 Å². The molecule has 8 heteroatoms. The van der Waals surface area contributed by atoms with Gasteiger partial charge in [0.05, 0.1) is 12.9 Å². The summed E-state index contributed by atoms with van der Waals surface area (Å²) in [4.78, 5) is 4.13.